The summed E-state index contributed by atoms with van der Waals surface area (Å²) in [6.07, 6.45) is 0.131. The number of hydrogen-bond donors (Lipinski definition) is 0. The summed E-state index contributed by atoms with van der Waals surface area (Å²) < 4.78 is 10.2. The van der Waals surface area contributed by atoms with Crippen LogP contribution in [0.1, 0.15) is 42.2 Å². The monoisotopic (exact) mass is 443 g/mol. The Labute approximate surface area is 190 Å². The molecule has 1 heterocycles. The van der Waals surface area contributed by atoms with Crippen LogP contribution in [0.4, 0.5) is 0 Å². The van der Waals surface area contributed by atoms with Gasteiger partial charge in [-0.15, -0.1) is 0 Å². The number of hydrogen-bond acceptors (Lipinski definition) is 6. The van der Waals surface area contributed by atoms with E-state index in [0.29, 0.717) is 11.1 Å². The average molecular weight is 443 g/mol. The normalized spacial score (nSPS) is 13.4. The Morgan fingerprint density at radius 3 is 1.94 bits per heavy atom. The van der Waals surface area contributed by atoms with Crippen molar-refractivity contribution < 1.29 is 28.7 Å². The fourth-order valence-electron chi connectivity index (χ4n) is 3.71. The van der Waals surface area contributed by atoms with Crippen molar-refractivity contribution in [1.29, 1.82) is 0 Å². The maximum absolute atomic E-state index is 13.1. The zero-order valence-electron chi connectivity index (χ0n) is 17.9. The van der Waals surface area contributed by atoms with Crippen LogP contribution in [0.3, 0.4) is 0 Å². The van der Waals surface area contributed by atoms with Gasteiger partial charge in [0.15, 0.2) is 0 Å². The number of amides is 2. The van der Waals surface area contributed by atoms with Crippen molar-refractivity contribution in [1.82, 2.24) is 4.90 Å². The lowest BCUT2D eigenvalue weighted by Gasteiger charge is -2.25. The Morgan fingerprint density at radius 1 is 0.788 bits per heavy atom. The van der Waals surface area contributed by atoms with Gasteiger partial charge in [-0.3, -0.25) is 14.5 Å². The number of imide groups is 1. The summed E-state index contributed by atoms with van der Waals surface area (Å²) in [5, 5.41) is 0. The van der Waals surface area contributed by atoms with Crippen LogP contribution in [0.2, 0.25) is 0 Å². The third kappa shape index (κ3) is 4.52. The van der Waals surface area contributed by atoms with Gasteiger partial charge in [0.1, 0.15) is 12.6 Å². The lowest BCUT2D eigenvalue weighted by Crippen LogP contribution is -2.47. The fourth-order valence-corrected chi connectivity index (χ4v) is 3.71. The number of ether oxygens (including phenoxy) is 2. The van der Waals surface area contributed by atoms with Crippen molar-refractivity contribution in [2.45, 2.75) is 19.1 Å². The molecule has 3 aromatic rings. The highest BCUT2D eigenvalue weighted by Gasteiger charge is 2.43. The van der Waals surface area contributed by atoms with E-state index in [1.54, 1.807) is 48.5 Å². The zero-order chi connectivity index (χ0) is 23.4. The minimum absolute atomic E-state index is 0.0747. The van der Waals surface area contributed by atoms with E-state index in [2.05, 4.69) is 4.74 Å². The van der Waals surface area contributed by atoms with E-state index in [1.165, 1.54) is 7.11 Å². The van der Waals surface area contributed by atoms with Crippen molar-refractivity contribution in [2.75, 3.05) is 7.11 Å². The summed E-state index contributed by atoms with van der Waals surface area (Å²) in [5.41, 5.74) is 2.36. The van der Waals surface area contributed by atoms with E-state index in [0.717, 1.165) is 10.5 Å². The molecular formula is C26H21NO6. The highest BCUT2D eigenvalue weighted by molar-refractivity contribution is 6.22. The van der Waals surface area contributed by atoms with Crippen LogP contribution in [-0.4, -0.2) is 41.8 Å². The van der Waals surface area contributed by atoms with Crippen LogP contribution in [0, 0.1) is 0 Å². The summed E-state index contributed by atoms with van der Waals surface area (Å²) in [6, 6.07) is 21.0. The van der Waals surface area contributed by atoms with E-state index in [-0.39, 0.29) is 24.2 Å². The van der Waals surface area contributed by atoms with Crippen molar-refractivity contribution >= 4 is 23.8 Å². The van der Waals surface area contributed by atoms with Gasteiger partial charge in [0.05, 0.1) is 23.8 Å². The summed E-state index contributed by atoms with van der Waals surface area (Å²) in [7, 11) is 1.30. The lowest BCUT2D eigenvalue weighted by molar-refractivity contribution is -0.149. The van der Waals surface area contributed by atoms with Gasteiger partial charge in [0, 0.05) is 6.42 Å². The molecule has 1 aliphatic rings. The number of esters is 2. The standard InChI is InChI=1S/C26H21NO6/c1-32-25(30)19-13-11-18(12-14-19)16-33-26(31)22(15-17-7-3-2-4-8-17)27-23(28)20-9-5-6-10-21(20)24(27)29/h2-14,22H,15-16H2,1H3. The maximum Gasteiger partial charge on any atom is 0.337 e. The van der Waals surface area contributed by atoms with Crippen LogP contribution in [0.25, 0.3) is 0 Å². The van der Waals surface area contributed by atoms with Crippen LogP contribution >= 0.6 is 0 Å². The van der Waals surface area contributed by atoms with E-state index in [1.807, 2.05) is 30.3 Å². The molecule has 0 bridgehead atoms. The van der Waals surface area contributed by atoms with Crippen LogP contribution in [-0.2, 0) is 27.3 Å². The van der Waals surface area contributed by atoms with Crippen LogP contribution in [0.15, 0.2) is 78.9 Å². The van der Waals surface area contributed by atoms with Gasteiger partial charge in [-0.1, -0.05) is 54.6 Å². The quantitative estimate of drug-likeness (QED) is 0.411. The largest absolute Gasteiger partial charge is 0.465 e. The molecule has 166 valence electrons. The van der Waals surface area contributed by atoms with Crippen molar-refractivity contribution in [3.63, 3.8) is 0 Å². The summed E-state index contributed by atoms with van der Waals surface area (Å²) in [4.78, 5) is 51.7. The molecule has 2 amide bonds. The minimum Gasteiger partial charge on any atom is -0.465 e. The first-order valence-corrected chi connectivity index (χ1v) is 10.3. The predicted molar refractivity (Wildman–Crippen MR) is 118 cm³/mol. The summed E-state index contributed by atoms with van der Waals surface area (Å²) in [6.45, 7) is -0.0747. The highest BCUT2D eigenvalue weighted by Crippen LogP contribution is 2.26. The minimum atomic E-state index is -1.12. The molecule has 1 atom stereocenters. The zero-order valence-corrected chi connectivity index (χ0v) is 17.9. The molecule has 0 N–H and O–H groups in total. The number of carbonyl (C=O) groups is 4. The number of benzene rings is 3. The van der Waals surface area contributed by atoms with Gasteiger partial charge >= 0.3 is 11.9 Å². The number of fused-ring (bicyclic) bond motifs is 1. The first kappa shape index (κ1) is 22.0. The highest BCUT2D eigenvalue weighted by atomic mass is 16.5. The fraction of sp³-hybridized carbons (Fsp3) is 0.154. The predicted octanol–water partition coefficient (Wildman–Crippen LogP) is 3.42. The van der Waals surface area contributed by atoms with E-state index in [9.17, 15) is 19.2 Å². The molecule has 0 saturated carbocycles. The van der Waals surface area contributed by atoms with E-state index in [4.69, 9.17) is 4.74 Å². The molecule has 0 saturated heterocycles. The molecule has 3 aromatic carbocycles. The molecule has 1 aliphatic heterocycles. The summed E-state index contributed by atoms with van der Waals surface area (Å²) in [5.74, 6) is -2.19. The number of methoxy groups -OCH3 is 1. The Morgan fingerprint density at radius 2 is 1.36 bits per heavy atom. The Kier molecular flexibility index (Phi) is 6.31. The Bertz CT molecular complexity index is 1170. The average Bonchev–Trinajstić information content (AvgIpc) is 3.11. The molecule has 33 heavy (non-hydrogen) atoms. The molecule has 7 nitrogen and oxygen atoms in total. The van der Waals surface area contributed by atoms with Gasteiger partial charge < -0.3 is 9.47 Å². The Hall–Kier alpha value is -4.26. The molecule has 7 heteroatoms. The number of rotatable bonds is 7. The Balaban J connectivity index is 1.55. The maximum atomic E-state index is 13.1. The molecule has 0 aromatic heterocycles. The van der Waals surface area contributed by atoms with E-state index >= 15 is 0 Å². The second-order valence-electron chi connectivity index (χ2n) is 7.53. The van der Waals surface area contributed by atoms with Crippen LogP contribution in [0.5, 0.6) is 0 Å². The molecule has 1 unspecified atom stereocenters. The van der Waals surface area contributed by atoms with Gasteiger partial charge in [-0.25, -0.2) is 9.59 Å². The smallest absolute Gasteiger partial charge is 0.337 e. The molecule has 0 spiro atoms. The third-order valence-corrected chi connectivity index (χ3v) is 5.44. The van der Waals surface area contributed by atoms with Crippen molar-refractivity contribution in [2.24, 2.45) is 0 Å². The first-order chi connectivity index (χ1) is 16.0. The van der Waals surface area contributed by atoms with Gasteiger partial charge in [-0.2, -0.15) is 0 Å². The number of carbonyl (C=O) groups excluding carboxylic acids is 4. The van der Waals surface area contributed by atoms with Crippen molar-refractivity contribution in [3.05, 3.63) is 107 Å². The SMILES string of the molecule is COC(=O)c1ccc(COC(=O)C(Cc2ccccc2)N2C(=O)c3ccccc3C2=O)cc1. The number of nitrogens with zero attached hydrogens (tertiary/aromatic N) is 1. The molecular weight excluding hydrogens is 422 g/mol. The second-order valence-corrected chi connectivity index (χ2v) is 7.53. The van der Waals surface area contributed by atoms with Gasteiger partial charge in [-0.05, 0) is 35.4 Å². The molecule has 0 fully saturated rings. The second kappa shape index (κ2) is 9.48. The molecule has 4 rings (SSSR count). The van der Waals surface area contributed by atoms with Gasteiger partial charge in [0.25, 0.3) is 11.8 Å². The molecule has 0 aliphatic carbocycles. The van der Waals surface area contributed by atoms with E-state index < -0.39 is 29.8 Å². The van der Waals surface area contributed by atoms with Gasteiger partial charge in [0.2, 0.25) is 0 Å². The third-order valence-electron chi connectivity index (χ3n) is 5.44. The topological polar surface area (TPSA) is 90.0 Å². The summed E-state index contributed by atoms with van der Waals surface area (Å²) >= 11 is 0. The first-order valence-electron chi connectivity index (χ1n) is 10.3. The molecule has 0 radical (unpaired) electrons. The lowest BCUT2D eigenvalue weighted by atomic mass is 10.0. The van der Waals surface area contributed by atoms with Crippen LogP contribution < -0.4 is 0 Å². The van der Waals surface area contributed by atoms with Crippen molar-refractivity contribution in [3.8, 4) is 0 Å².